The van der Waals surface area contributed by atoms with E-state index in [0.717, 1.165) is 25.9 Å². The molecule has 164 valence electrons. The van der Waals surface area contributed by atoms with Crippen LogP contribution in [0.4, 0.5) is 11.5 Å². The highest BCUT2D eigenvalue weighted by molar-refractivity contribution is 6.30. The fraction of sp³-hybridized carbons (Fsp3) is 0.364. The standard InChI is InChI=1S/C22H25ClN4O4/c1-31-20(28)7-3-15-12-16(22(30)27-19-6-4-17(23)13-25-19)2-5-18(15)26-21(29)14-8-10-24-11-9-14/h2,4-6,12-14,24H,3,7-11H2,1H3,(H,26,29)(H,25,27,30). The molecule has 0 saturated carbocycles. The molecule has 9 heteroatoms. The number of aromatic nitrogens is 1. The van der Waals surface area contributed by atoms with Gasteiger partial charge in [0, 0.05) is 29.8 Å². The fourth-order valence-electron chi connectivity index (χ4n) is 3.36. The third-order valence-corrected chi connectivity index (χ3v) is 5.35. The van der Waals surface area contributed by atoms with E-state index in [1.54, 1.807) is 30.3 Å². The van der Waals surface area contributed by atoms with Gasteiger partial charge in [0.1, 0.15) is 5.82 Å². The van der Waals surface area contributed by atoms with Gasteiger partial charge in [-0.1, -0.05) is 11.6 Å². The first-order valence-electron chi connectivity index (χ1n) is 10.1. The molecule has 8 nitrogen and oxygen atoms in total. The molecule has 0 atom stereocenters. The van der Waals surface area contributed by atoms with Gasteiger partial charge in [-0.05, 0) is 68.2 Å². The van der Waals surface area contributed by atoms with E-state index in [0.29, 0.717) is 34.1 Å². The number of rotatable bonds is 7. The van der Waals surface area contributed by atoms with Crippen LogP contribution in [-0.2, 0) is 20.7 Å². The van der Waals surface area contributed by atoms with Gasteiger partial charge >= 0.3 is 5.97 Å². The molecule has 2 heterocycles. The van der Waals surface area contributed by atoms with Crippen LogP contribution in [0.1, 0.15) is 35.2 Å². The van der Waals surface area contributed by atoms with Crippen LogP contribution in [-0.4, -0.2) is 43.0 Å². The number of nitrogens with zero attached hydrogens (tertiary/aromatic N) is 1. The molecule has 0 bridgehead atoms. The summed E-state index contributed by atoms with van der Waals surface area (Å²) in [6, 6.07) is 8.23. The Morgan fingerprint density at radius 1 is 1.16 bits per heavy atom. The Labute approximate surface area is 185 Å². The second-order valence-electron chi connectivity index (χ2n) is 7.28. The van der Waals surface area contributed by atoms with Crippen molar-refractivity contribution in [2.45, 2.75) is 25.7 Å². The molecule has 0 unspecified atom stereocenters. The zero-order valence-corrected chi connectivity index (χ0v) is 18.0. The van der Waals surface area contributed by atoms with Gasteiger partial charge in [-0.2, -0.15) is 0 Å². The Balaban J connectivity index is 1.77. The van der Waals surface area contributed by atoms with Crippen LogP contribution >= 0.6 is 11.6 Å². The Kier molecular flexibility index (Phi) is 7.97. The summed E-state index contributed by atoms with van der Waals surface area (Å²) in [6.45, 7) is 1.62. The van der Waals surface area contributed by atoms with Gasteiger partial charge in [-0.3, -0.25) is 14.4 Å². The lowest BCUT2D eigenvalue weighted by molar-refractivity contribution is -0.140. The molecule has 1 aliphatic rings. The molecule has 1 aromatic heterocycles. The minimum absolute atomic E-state index is 0.0524. The van der Waals surface area contributed by atoms with Gasteiger partial charge in [-0.25, -0.2) is 4.98 Å². The van der Waals surface area contributed by atoms with Gasteiger partial charge in [0.2, 0.25) is 5.91 Å². The number of hydrogen-bond acceptors (Lipinski definition) is 6. The van der Waals surface area contributed by atoms with Crippen LogP contribution < -0.4 is 16.0 Å². The van der Waals surface area contributed by atoms with Crippen molar-refractivity contribution in [3.8, 4) is 0 Å². The lowest BCUT2D eigenvalue weighted by Crippen LogP contribution is -2.34. The van der Waals surface area contributed by atoms with Gasteiger partial charge in [0.15, 0.2) is 0 Å². The third kappa shape index (κ3) is 6.50. The van der Waals surface area contributed by atoms with E-state index in [9.17, 15) is 14.4 Å². The maximum Gasteiger partial charge on any atom is 0.305 e. The van der Waals surface area contributed by atoms with E-state index in [1.807, 2.05) is 0 Å². The van der Waals surface area contributed by atoms with E-state index in [2.05, 4.69) is 20.9 Å². The van der Waals surface area contributed by atoms with Gasteiger partial charge in [0.25, 0.3) is 5.91 Å². The third-order valence-electron chi connectivity index (χ3n) is 5.13. The maximum atomic E-state index is 12.7. The summed E-state index contributed by atoms with van der Waals surface area (Å²) in [5.41, 5.74) is 1.66. The molecule has 0 spiro atoms. The number of halogens is 1. The summed E-state index contributed by atoms with van der Waals surface area (Å²) < 4.78 is 4.72. The lowest BCUT2D eigenvalue weighted by atomic mass is 9.96. The van der Waals surface area contributed by atoms with E-state index in [-0.39, 0.29) is 30.1 Å². The van der Waals surface area contributed by atoms with Crippen LogP contribution in [0.2, 0.25) is 5.02 Å². The molecule has 3 N–H and O–H groups in total. The number of aryl methyl sites for hydroxylation is 1. The fourth-order valence-corrected chi connectivity index (χ4v) is 3.47. The first kappa shape index (κ1) is 22.7. The van der Waals surface area contributed by atoms with Crippen molar-refractivity contribution in [2.75, 3.05) is 30.8 Å². The molecular formula is C22H25ClN4O4. The van der Waals surface area contributed by atoms with Gasteiger partial charge in [0.05, 0.1) is 12.1 Å². The average Bonchev–Trinajstić information content (AvgIpc) is 2.80. The van der Waals surface area contributed by atoms with Crippen molar-refractivity contribution >= 4 is 40.9 Å². The predicted octanol–water partition coefficient (Wildman–Crippen LogP) is 3.03. The number of methoxy groups -OCH3 is 1. The Morgan fingerprint density at radius 2 is 1.94 bits per heavy atom. The molecule has 3 rings (SSSR count). The molecule has 1 aromatic carbocycles. The van der Waals surface area contributed by atoms with Crippen molar-refractivity contribution < 1.29 is 19.1 Å². The van der Waals surface area contributed by atoms with Crippen molar-refractivity contribution in [3.63, 3.8) is 0 Å². The van der Waals surface area contributed by atoms with Crippen LogP contribution in [0.5, 0.6) is 0 Å². The number of ether oxygens (including phenoxy) is 1. The summed E-state index contributed by atoms with van der Waals surface area (Å²) in [7, 11) is 1.32. The first-order valence-corrected chi connectivity index (χ1v) is 10.5. The average molecular weight is 445 g/mol. The number of piperidine rings is 1. The topological polar surface area (TPSA) is 109 Å². The van der Waals surface area contributed by atoms with Crippen molar-refractivity contribution in [1.82, 2.24) is 10.3 Å². The maximum absolute atomic E-state index is 12.7. The molecule has 0 radical (unpaired) electrons. The van der Waals surface area contributed by atoms with Crippen molar-refractivity contribution in [2.24, 2.45) is 5.92 Å². The van der Waals surface area contributed by atoms with Crippen LogP contribution in [0.3, 0.4) is 0 Å². The number of carbonyl (C=O) groups is 3. The Bertz CT molecular complexity index is 943. The quantitative estimate of drug-likeness (QED) is 0.566. The van der Waals surface area contributed by atoms with Gasteiger partial charge < -0.3 is 20.7 Å². The van der Waals surface area contributed by atoms with Crippen LogP contribution in [0, 0.1) is 5.92 Å². The normalized spacial score (nSPS) is 14.0. The number of pyridine rings is 1. The van der Waals surface area contributed by atoms with Crippen LogP contribution in [0.15, 0.2) is 36.5 Å². The van der Waals surface area contributed by atoms with Gasteiger partial charge in [-0.15, -0.1) is 0 Å². The predicted molar refractivity (Wildman–Crippen MR) is 118 cm³/mol. The highest BCUT2D eigenvalue weighted by atomic mass is 35.5. The minimum Gasteiger partial charge on any atom is -0.469 e. The molecular weight excluding hydrogens is 420 g/mol. The lowest BCUT2D eigenvalue weighted by Gasteiger charge is -2.22. The number of amides is 2. The largest absolute Gasteiger partial charge is 0.469 e. The molecule has 31 heavy (non-hydrogen) atoms. The molecule has 2 aromatic rings. The molecule has 1 saturated heterocycles. The Morgan fingerprint density at radius 3 is 2.61 bits per heavy atom. The summed E-state index contributed by atoms with van der Waals surface area (Å²) in [6.07, 6.45) is 3.46. The zero-order valence-electron chi connectivity index (χ0n) is 17.2. The number of hydrogen-bond donors (Lipinski definition) is 3. The summed E-state index contributed by atoms with van der Waals surface area (Å²) in [5.74, 6) is -0.466. The number of carbonyl (C=O) groups excluding carboxylic acids is 3. The van der Waals surface area contributed by atoms with E-state index >= 15 is 0 Å². The summed E-state index contributed by atoms with van der Waals surface area (Å²) in [4.78, 5) is 41.0. The summed E-state index contributed by atoms with van der Waals surface area (Å²) >= 11 is 5.82. The number of nitrogens with one attached hydrogen (secondary N) is 3. The second-order valence-corrected chi connectivity index (χ2v) is 7.71. The smallest absolute Gasteiger partial charge is 0.305 e. The molecule has 1 fully saturated rings. The van der Waals surface area contributed by atoms with E-state index in [4.69, 9.17) is 16.3 Å². The van der Waals surface area contributed by atoms with Crippen LogP contribution in [0.25, 0.3) is 0 Å². The monoisotopic (exact) mass is 444 g/mol. The second kappa shape index (κ2) is 10.9. The SMILES string of the molecule is COC(=O)CCc1cc(C(=O)Nc2ccc(Cl)cn2)ccc1NC(=O)C1CCNCC1. The number of anilines is 2. The van der Waals surface area contributed by atoms with E-state index in [1.165, 1.54) is 13.3 Å². The number of benzene rings is 1. The van der Waals surface area contributed by atoms with Crippen molar-refractivity contribution in [1.29, 1.82) is 0 Å². The molecule has 0 aliphatic carbocycles. The first-order chi connectivity index (χ1) is 15.0. The highest BCUT2D eigenvalue weighted by Crippen LogP contribution is 2.23. The zero-order chi connectivity index (χ0) is 22.2. The van der Waals surface area contributed by atoms with E-state index < -0.39 is 0 Å². The van der Waals surface area contributed by atoms with Crippen molar-refractivity contribution in [3.05, 3.63) is 52.7 Å². The summed E-state index contributed by atoms with van der Waals surface area (Å²) in [5, 5.41) is 9.38. The highest BCUT2D eigenvalue weighted by Gasteiger charge is 2.22. The molecule has 2 amide bonds. The Hall–Kier alpha value is -2.97. The minimum atomic E-state index is -0.365. The molecule has 1 aliphatic heterocycles. The number of esters is 1.